The number of benzene rings is 1. The number of nitriles is 1. The van der Waals surface area contributed by atoms with Gasteiger partial charge in [0.15, 0.2) is 9.84 Å². The van der Waals surface area contributed by atoms with Crippen LogP contribution >= 0.6 is 0 Å². The third-order valence-corrected chi connectivity index (χ3v) is 5.40. The maximum Gasteiger partial charge on any atom is 0.242 e. The number of sulfone groups is 1. The molecule has 1 rings (SSSR count). The van der Waals surface area contributed by atoms with Gasteiger partial charge < -0.3 is 5.32 Å². The van der Waals surface area contributed by atoms with Crippen LogP contribution in [-0.4, -0.2) is 25.3 Å². The van der Waals surface area contributed by atoms with Gasteiger partial charge in [-0.3, -0.25) is 4.79 Å². The van der Waals surface area contributed by atoms with Gasteiger partial charge in [-0.25, -0.2) is 8.42 Å². The average molecular weight is 308 g/mol. The summed E-state index contributed by atoms with van der Waals surface area (Å²) in [6, 6.07) is 5.64. The van der Waals surface area contributed by atoms with Crippen LogP contribution in [0.1, 0.15) is 30.0 Å². The van der Waals surface area contributed by atoms with Crippen LogP contribution < -0.4 is 5.32 Å². The maximum absolute atomic E-state index is 12.1. The van der Waals surface area contributed by atoms with Gasteiger partial charge in [-0.2, -0.15) is 5.26 Å². The molecule has 0 spiro atoms. The number of hydrogen-bond acceptors (Lipinski definition) is 4. The predicted molar refractivity (Wildman–Crippen MR) is 82.8 cm³/mol. The molecule has 1 unspecified atom stereocenters. The Hall–Kier alpha value is -1.87. The number of anilines is 1. The Bertz CT molecular complexity index is 664. The van der Waals surface area contributed by atoms with Gasteiger partial charge in [0.1, 0.15) is 5.25 Å². The second kappa shape index (κ2) is 6.72. The van der Waals surface area contributed by atoms with Crippen molar-refractivity contribution in [2.45, 2.75) is 39.4 Å². The van der Waals surface area contributed by atoms with E-state index in [4.69, 9.17) is 5.26 Å². The standard InChI is InChI=1S/C15H20N2O3S/c1-10-8-11(2)14(12(3)9-10)17-15(18)13(4)21(19,20)7-5-6-16/h8-9,13H,5,7H2,1-4H3,(H,17,18). The summed E-state index contributed by atoms with van der Waals surface area (Å²) < 4.78 is 23.9. The van der Waals surface area contributed by atoms with Crippen LogP contribution in [0.15, 0.2) is 12.1 Å². The van der Waals surface area contributed by atoms with Gasteiger partial charge >= 0.3 is 0 Å². The molecule has 6 heteroatoms. The van der Waals surface area contributed by atoms with Crippen molar-refractivity contribution >= 4 is 21.4 Å². The van der Waals surface area contributed by atoms with Gasteiger partial charge in [-0.05, 0) is 38.8 Å². The average Bonchev–Trinajstić information content (AvgIpc) is 2.39. The topological polar surface area (TPSA) is 87.0 Å². The number of nitrogens with one attached hydrogen (secondary N) is 1. The highest BCUT2D eigenvalue weighted by Gasteiger charge is 2.28. The van der Waals surface area contributed by atoms with Crippen LogP contribution in [-0.2, 0) is 14.6 Å². The minimum atomic E-state index is -3.61. The number of aryl methyl sites for hydroxylation is 3. The molecule has 114 valence electrons. The summed E-state index contributed by atoms with van der Waals surface area (Å²) in [4.78, 5) is 12.1. The van der Waals surface area contributed by atoms with Gasteiger partial charge in [-0.15, -0.1) is 0 Å². The highest BCUT2D eigenvalue weighted by molar-refractivity contribution is 7.92. The van der Waals surface area contributed by atoms with E-state index in [1.165, 1.54) is 6.92 Å². The smallest absolute Gasteiger partial charge is 0.242 e. The molecule has 1 aromatic rings. The Morgan fingerprint density at radius 3 is 2.29 bits per heavy atom. The lowest BCUT2D eigenvalue weighted by molar-refractivity contribution is -0.115. The molecule has 0 aliphatic carbocycles. The second-order valence-electron chi connectivity index (χ2n) is 5.18. The Balaban J connectivity index is 2.95. The van der Waals surface area contributed by atoms with Crippen molar-refractivity contribution in [3.05, 3.63) is 28.8 Å². The number of rotatable bonds is 5. The molecule has 5 nitrogen and oxygen atoms in total. The first-order valence-corrected chi connectivity index (χ1v) is 8.38. The van der Waals surface area contributed by atoms with E-state index in [0.717, 1.165) is 16.7 Å². The predicted octanol–water partition coefficient (Wildman–Crippen LogP) is 2.27. The van der Waals surface area contributed by atoms with Gasteiger partial charge in [0.25, 0.3) is 0 Å². The number of nitrogens with zero attached hydrogens (tertiary/aromatic N) is 1. The second-order valence-corrected chi connectivity index (χ2v) is 7.62. The fourth-order valence-corrected chi connectivity index (χ4v) is 3.24. The fourth-order valence-electron chi connectivity index (χ4n) is 2.13. The van der Waals surface area contributed by atoms with Crippen molar-refractivity contribution < 1.29 is 13.2 Å². The third kappa shape index (κ3) is 4.30. The summed E-state index contributed by atoms with van der Waals surface area (Å²) in [6.07, 6.45) is -0.109. The minimum Gasteiger partial charge on any atom is -0.324 e. The molecular formula is C15H20N2O3S. The molecule has 0 aliphatic heterocycles. The van der Waals surface area contributed by atoms with Gasteiger partial charge in [0.05, 0.1) is 11.8 Å². The highest BCUT2D eigenvalue weighted by atomic mass is 32.2. The molecule has 0 aliphatic rings. The summed E-state index contributed by atoms with van der Waals surface area (Å²) in [5, 5.41) is 9.98. The molecule has 1 aromatic carbocycles. The summed E-state index contributed by atoms with van der Waals surface area (Å²) in [5.41, 5.74) is 3.51. The summed E-state index contributed by atoms with van der Waals surface area (Å²) >= 11 is 0. The molecule has 0 aromatic heterocycles. The van der Waals surface area contributed by atoms with E-state index in [-0.39, 0.29) is 12.2 Å². The van der Waals surface area contributed by atoms with Gasteiger partial charge in [0, 0.05) is 12.1 Å². The van der Waals surface area contributed by atoms with Gasteiger partial charge in [-0.1, -0.05) is 17.7 Å². The zero-order chi connectivity index (χ0) is 16.2. The number of amides is 1. The first-order chi connectivity index (χ1) is 9.69. The van der Waals surface area contributed by atoms with E-state index in [1.54, 1.807) is 6.07 Å². The first-order valence-electron chi connectivity index (χ1n) is 6.66. The van der Waals surface area contributed by atoms with Crippen LogP contribution in [0.25, 0.3) is 0 Å². The van der Waals surface area contributed by atoms with Crippen molar-refractivity contribution in [1.82, 2.24) is 0 Å². The van der Waals surface area contributed by atoms with Crippen LogP contribution in [0.5, 0.6) is 0 Å². The Morgan fingerprint density at radius 2 is 1.81 bits per heavy atom. The van der Waals surface area contributed by atoms with Crippen molar-refractivity contribution in [3.8, 4) is 6.07 Å². The molecule has 0 radical (unpaired) electrons. The number of carbonyl (C=O) groups is 1. The van der Waals surface area contributed by atoms with E-state index in [1.807, 2.05) is 32.9 Å². The Labute approximate surface area is 125 Å². The van der Waals surface area contributed by atoms with Crippen LogP contribution in [0.3, 0.4) is 0 Å². The van der Waals surface area contributed by atoms with Crippen molar-refractivity contribution in [2.24, 2.45) is 0 Å². The SMILES string of the molecule is Cc1cc(C)c(NC(=O)C(C)S(=O)(=O)CCC#N)c(C)c1. The summed E-state index contributed by atoms with van der Waals surface area (Å²) in [5.74, 6) is -0.868. The number of carbonyl (C=O) groups excluding carboxylic acids is 1. The monoisotopic (exact) mass is 308 g/mol. The quantitative estimate of drug-likeness (QED) is 0.904. The molecule has 0 fully saturated rings. The molecule has 0 saturated carbocycles. The van der Waals surface area contributed by atoms with Crippen LogP contribution in [0.4, 0.5) is 5.69 Å². The summed E-state index contributed by atoms with van der Waals surface area (Å²) in [6.45, 7) is 7.04. The molecule has 0 bridgehead atoms. The zero-order valence-electron chi connectivity index (χ0n) is 12.7. The molecule has 0 heterocycles. The Morgan fingerprint density at radius 1 is 1.29 bits per heavy atom. The molecule has 1 amide bonds. The Kier molecular flexibility index (Phi) is 5.50. The first kappa shape index (κ1) is 17.2. The minimum absolute atomic E-state index is 0.109. The molecule has 1 atom stereocenters. The lowest BCUT2D eigenvalue weighted by Gasteiger charge is -2.16. The van der Waals surface area contributed by atoms with Crippen molar-refractivity contribution in [1.29, 1.82) is 5.26 Å². The third-order valence-electron chi connectivity index (χ3n) is 3.33. The maximum atomic E-state index is 12.1. The van der Waals surface area contributed by atoms with Crippen molar-refractivity contribution in [2.75, 3.05) is 11.1 Å². The zero-order valence-corrected chi connectivity index (χ0v) is 13.5. The fraction of sp³-hybridized carbons (Fsp3) is 0.467. The van der Waals surface area contributed by atoms with Crippen LogP contribution in [0, 0.1) is 32.1 Å². The van der Waals surface area contributed by atoms with Gasteiger partial charge in [0.2, 0.25) is 5.91 Å². The van der Waals surface area contributed by atoms with E-state index < -0.39 is 21.0 Å². The summed E-state index contributed by atoms with van der Waals surface area (Å²) in [7, 11) is -3.61. The van der Waals surface area contributed by atoms with E-state index in [0.29, 0.717) is 5.69 Å². The highest BCUT2D eigenvalue weighted by Crippen LogP contribution is 2.22. The van der Waals surface area contributed by atoms with Crippen molar-refractivity contribution in [3.63, 3.8) is 0 Å². The number of hydrogen-bond donors (Lipinski definition) is 1. The van der Waals surface area contributed by atoms with E-state index in [2.05, 4.69) is 5.32 Å². The molecule has 1 N–H and O–H groups in total. The largest absolute Gasteiger partial charge is 0.324 e. The van der Waals surface area contributed by atoms with E-state index in [9.17, 15) is 13.2 Å². The van der Waals surface area contributed by atoms with Crippen LogP contribution in [0.2, 0.25) is 0 Å². The lowest BCUT2D eigenvalue weighted by Crippen LogP contribution is -2.34. The normalized spacial score (nSPS) is 12.5. The molecular weight excluding hydrogens is 288 g/mol. The van der Waals surface area contributed by atoms with E-state index >= 15 is 0 Å². The molecule has 21 heavy (non-hydrogen) atoms. The lowest BCUT2D eigenvalue weighted by atomic mass is 10.1. The molecule has 0 saturated heterocycles.